The first-order chi connectivity index (χ1) is 14.5. The van der Waals surface area contributed by atoms with Gasteiger partial charge in [0.15, 0.2) is 6.61 Å². The van der Waals surface area contributed by atoms with Crippen LogP contribution in [0, 0.1) is 5.82 Å². The minimum atomic E-state index is -0.520. The Balaban J connectivity index is 1.24. The standard InChI is InChI=1S/C21H16FN3O5/c22-14-9-7-13(8-10-14)19-23-17(30-24-19)12-29-18(26)6-3-11-25-20(27)15-4-1-2-5-16(15)21(25)28/h1-2,4-5,7-10H,3,6,11-12H2. The van der Waals surface area contributed by atoms with Crippen LogP contribution in [0.2, 0.25) is 0 Å². The van der Waals surface area contributed by atoms with Crippen LogP contribution in [0.3, 0.4) is 0 Å². The fourth-order valence-corrected chi connectivity index (χ4v) is 3.07. The molecular weight excluding hydrogens is 393 g/mol. The lowest BCUT2D eigenvalue weighted by atomic mass is 10.1. The molecule has 0 radical (unpaired) electrons. The Bertz CT molecular complexity index is 1070. The Labute approximate surface area is 170 Å². The van der Waals surface area contributed by atoms with E-state index in [9.17, 15) is 18.8 Å². The van der Waals surface area contributed by atoms with E-state index in [2.05, 4.69) is 10.1 Å². The number of carbonyl (C=O) groups is 3. The van der Waals surface area contributed by atoms with Crippen LogP contribution in [0.5, 0.6) is 0 Å². The van der Waals surface area contributed by atoms with Gasteiger partial charge in [-0.15, -0.1) is 0 Å². The molecule has 2 aromatic carbocycles. The number of carbonyl (C=O) groups excluding carboxylic acids is 3. The van der Waals surface area contributed by atoms with Crippen LogP contribution in [0.15, 0.2) is 53.1 Å². The molecule has 0 N–H and O–H groups in total. The van der Waals surface area contributed by atoms with Crippen molar-refractivity contribution in [2.45, 2.75) is 19.4 Å². The SMILES string of the molecule is O=C(CCCN1C(=O)c2ccccc2C1=O)OCc1nc(-c2ccc(F)cc2)no1. The molecule has 8 nitrogen and oxygen atoms in total. The summed E-state index contributed by atoms with van der Waals surface area (Å²) in [5.74, 6) is -1.26. The molecule has 30 heavy (non-hydrogen) atoms. The smallest absolute Gasteiger partial charge is 0.306 e. The highest BCUT2D eigenvalue weighted by Gasteiger charge is 2.34. The maximum absolute atomic E-state index is 13.0. The van der Waals surface area contributed by atoms with Gasteiger partial charge >= 0.3 is 5.97 Å². The van der Waals surface area contributed by atoms with Crippen molar-refractivity contribution in [2.75, 3.05) is 6.54 Å². The minimum Gasteiger partial charge on any atom is -0.456 e. The lowest BCUT2D eigenvalue weighted by molar-refractivity contribution is -0.145. The average molecular weight is 409 g/mol. The van der Waals surface area contributed by atoms with E-state index < -0.39 is 5.97 Å². The highest BCUT2D eigenvalue weighted by molar-refractivity contribution is 6.21. The van der Waals surface area contributed by atoms with Crippen molar-refractivity contribution in [2.24, 2.45) is 0 Å². The molecule has 3 aromatic rings. The number of amides is 2. The van der Waals surface area contributed by atoms with E-state index in [1.54, 1.807) is 24.3 Å². The first-order valence-electron chi connectivity index (χ1n) is 9.22. The largest absolute Gasteiger partial charge is 0.456 e. The van der Waals surface area contributed by atoms with Crippen LogP contribution in [0.1, 0.15) is 39.4 Å². The molecule has 4 rings (SSSR count). The van der Waals surface area contributed by atoms with Crippen molar-refractivity contribution in [1.29, 1.82) is 0 Å². The fraction of sp³-hybridized carbons (Fsp3) is 0.190. The zero-order chi connectivity index (χ0) is 21.1. The van der Waals surface area contributed by atoms with Crippen LogP contribution in [-0.4, -0.2) is 39.4 Å². The van der Waals surface area contributed by atoms with Gasteiger partial charge in [0.2, 0.25) is 5.82 Å². The van der Waals surface area contributed by atoms with Crippen molar-refractivity contribution in [3.63, 3.8) is 0 Å². The molecule has 0 spiro atoms. The number of hydrogen-bond donors (Lipinski definition) is 0. The summed E-state index contributed by atoms with van der Waals surface area (Å²) < 4.78 is 23.1. The van der Waals surface area contributed by atoms with E-state index in [1.807, 2.05) is 0 Å². The topological polar surface area (TPSA) is 103 Å². The first-order valence-corrected chi connectivity index (χ1v) is 9.22. The van der Waals surface area contributed by atoms with Gasteiger partial charge in [0.25, 0.3) is 17.7 Å². The van der Waals surface area contributed by atoms with Gasteiger partial charge in [-0.1, -0.05) is 17.3 Å². The van der Waals surface area contributed by atoms with E-state index in [0.29, 0.717) is 16.7 Å². The number of fused-ring (bicyclic) bond motifs is 1. The third kappa shape index (κ3) is 3.95. The van der Waals surface area contributed by atoms with E-state index >= 15 is 0 Å². The number of benzene rings is 2. The van der Waals surface area contributed by atoms with Gasteiger partial charge < -0.3 is 9.26 Å². The van der Waals surface area contributed by atoms with E-state index in [4.69, 9.17) is 9.26 Å². The summed E-state index contributed by atoms with van der Waals surface area (Å²) in [4.78, 5) is 41.7. The Hall–Kier alpha value is -3.88. The predicted octanol–water partition coefficient (Wildman–Crippen LogP) is 3.00. The van der Waals surface area contributed by atoms with Gasteiger partial charge in [0, 0.05) is 18.5 Å². The van der Waals surface area contributed by atoms with Crippen LogP contribution >= 0.6 is 0 Å². The Kier molecular flexibility index (Phi) is 5.34. The van der Waals surface area contributed by atoms with Crippen molar-refractivity contribution in [3.05, 3.63) is 71.4 Å². The predicted molar refractivity (Wildman–Crippen MR) is 101 cm³/mol. The normalized spacial score (nSPS) is 12.9. The number of halogens is 1. The zero-order valence-electron chi connectivity index (χ0n) is 15.7. The molecule has 1 aliphatic rings. The lowest BCUT2D eigenvalue weighted by Crippen LogP contribution is -2.31. The van der Waals surface area contributed by atoms with Crippen molar-refractivity contribution >= 4 is 17.8 Å². The molecule has 9 heteroatoms. The van der Waals surface area contributed by atoms with Crippen LogP contribution in [0.4, 0.5) is 4.39 Å². The lowest BCUT2D eigenvalue weighted by Gasteiger charge is -2.13. The summed E-state index contributed by atoms with van der Waals surface area (Å²) in [6.07, 6.45) is 0.293. The molecule has 1 aromatic heterocycles. The van der Waals surface area contributed by atoms with Gasteiger partial charge in [-0.25, -0.2) is 4.39 Å². The molecule has 1 aliphatic heterocycles. The van der Waals surface area contributed by atoms with Gasteiger partial charge in [0.05, 0.1) is 11.1 Å². The maximum atomic E-state index is 13.0. The van der Waals surface area contributed by atoms with Crippen molar-refractivity contribution in [3.8, 4) is 11.4 Å². The molecule has 0 unspecified atom stereocenters. The third-order valence-electron chi connectivity index (χ3n) is 4.57. The molecule has 0 bridgehead atoms. The summed E-state index contributed by atoms with van der Waals surface area (Å²) in [6.45, 7) is -0.0865. The second-order valence-corrected chi connectivity index (χ2v) is 6.59. The number of ether oxygens (including phenoxy) is 1. The van der Waals surface area contributed by atoms with Crippen LogP contribution in [-0.2, 0) is 16.1 Å². The molecular formula is C21H16FN3O5. The average Bonchev–Trinajstić information content (AvgIpc) is 3.32. The summed E-state index contributed by atoms with van der Waals surface area (Å²) in [6, 6.07) is 12.2. The molecule has 0 aliphatic carbocycles. The third-order valence-corrected chi connectivity index (χ3v) is 4.57. The van der Waals surface area contributed by atoms with Gasteiger partial charge in [-0.3, -0.25) is 19.3 Å². The molecule has 0 atom stereocenters. The zero-order valence-corrected chi connectivity index (χ0v) is 15.7. The number of nitrogens with zero attached hydrogens (tertiary/aromatic N) is 3. The summed E-state index contributed by atoms with van der Waals surface area (Å²) >= 11 is 0. The second kappa shape index (κ2) is 8.24. The molecule has 0 saturated heterocycles. The highest BCUT2D eigenvalue weighted by atomic mass is 19.1. The maximum Gasteiger partial charge on any atom is 0.306 e. The van der Waals surface area contributed by atoms with E-state index in [0.717, 1.165) is 4.90 Å². The highest BCUT2D eigenvalue weighted by Crippen LogP contribution is 2.22. The molecule has 0 saturated carbocycles. The summed E-state index contributed by atoms with van der Waals surface area (Å²) in [5, 5.41) is 3.76. The quantitative estimate of drug-likeness (QED) is 0.437. The number of rotatable bonds is 7. The number of aromatic nitrogens is 2. The van der Waals surface area contributed by atoms with Gasteiger partial charge in [0.1, 0.15) is 5.82 Å². The molecule has 0 fully saturated rings. The molecule has 2 heterocycles. The van der Waals surface area contributed by atoms with Crippen molar-refractivity contribution < 1.29 is 28.0 Å². The first kappa shape index (κ1) is 19.4. The van der Waals surface area contributed by atoms with Crippen LogP contribution < -0.4 is 0 Å². The summed E-state index contributed by atoms with van der Waals surface area (Å²) in [5.41, 5.74) is 1.32. The number of hydrogen-bond acceptors (Lipinski definition) is 7. The van der Waals surface area contributed by atoms with Crippen LogP contribution in [0.25, 0.3) is 11.4 Å². The van der Waals surface area contributed by atoms with E-state index in [1.165, 1.54) is 24.3 Å². The van der Waals surface area contributed by atoms with E-state index in [-0.39, 0.29) is 55.3 Å². The summed E-state index contributed by atoms with van der Waals surface area (Å²) in [7, 11) is 0. The number of esters is 1. The molecule has 152 valence electrons. The van der Waals surface area contributed by atoms with Crippen molar-refractivity contribution in [1.82, 2.24) is 15.0 Å². The number of imide groups is 1. The van der Waals surface area contributed by atoms with Gasteiger partial charge in [-0.2, -0.15) is 4.98 Å². The Morgan fingerprint density at radius 2 is 1.70 bits per heavy atom. The second-order valence-electron chi connectivity index (χ2n) is 6.59. The Morgan fingerprint density at radius 1 is 1.03 bits per heavy atom. The minimum absolute atomic E-state index is 0.0202. The molecule has 2 amide bonds. The monoisotopic (exact) mass is 409 g/mol. The fourth-order valence-electron chi connectivity index (χ4n) is 3.07. The van der Waals surface area contributed by atoms with Gasteiger partial charge in [-0.05, 0) is 42.8 Å². The Morgan fingerprint density at radius 3 is 2.37 bits per heavy atom.